The van der Waals surface area contributed by atoms with Crippen LogP contribution in [0.3, 0.4) is 0 Å². The maximum atomic E-state index is 12.4. The average molecular weight is 382 g/mol. The maximum Gasteiger partial charge on any atom is 0.273 e. The van der Waals surface area contributed by atoms with Crippen molar-refractivity contribution in [2.24, 2.45) is 5.92 Å². The number of piperidine rings is 1. The minimum Gasteiger partial charge on any atom is -0.355 e. The molecule has 1 amide bonds. The Labute approximate surface area is 163 Å². The fraction of sp³-hybridized carbons (Fsp3) is 0.333. The summed E-state index contributed by atoms with van der Waals surface area (Å²) in [5.41, 5.74) is 1.26. The van der Waals surface area contributed by atoms with Crippen LogP contribution in [0.15, 0.2) is 58.4 Å². The number of likely N-dealkylation sites (tertiary alicyclic amines) is 1. The van der Waals surface area contributed by atoms with Gasteiger partial charge in [-0.2, -0.15) is 0 Å². The predicted octanol–water partition coefficient (Wildman–Crippen LogP) is 4.05. The second kappa shape index (κ2) is 8.50. The van der Waals surface area contributed by atoms with E-state index in [-0.39, 0.29) is 5.91 Å². The lowest BCUT2D eigenvalue weighted by Crippen LogP contribution is -2.38. The minimum absolute atomic E-state index is 0.165. The SMILES string of the molecule is O=C(NCC1CCN(Cc2cccs2)CC1)c1cc(-c2ccccc2)on1. The van der Waals surface area contributed by atoms with Gasteiger partial charge in [-0.05, 0) is 43.3 Å². The number of aromatic nitrogens is 1. The van der Waals surface area contributed by atoms with Gasteiger partial charge >= 0.3 is 0 Å². The van der Waals surface area contributed by atoms with Crippen molar-refractivity contribution in [3.63, 3.8) is 0 Å². The van der Waals surface area contributed by atoms with E-state index in [0.717, 1.165) is 38.0 Å². The molecule has 1 N–H and O–H groups in total. The Morgan fingerprint density at radius 3 is 2.74 bits per heavy atom. The normalized spacial score (nSPS) is 15.7. The molecule has 140 valence electrons. The molecule has 4 rings (SSSR count). The van der Waals surface area contributed by atoms with E-state index in [1.54, 1.807) is 6.07 Å². The zero-order valence-corrected chi connectivity index (χ0v) is 16.0. The van der Waals surface area contributed by atoms with E-state index in [4.69, 9.17) is 4.52 Å². The lowest BCUT2D eigenvalue weighted by atomic mass is 9.96. The molecule has 1 fully saturated rings. The number of carbonyl (C=O) groups excluding carboxylic acids is 1. The van der Waals surface area contributed by atoms with Crippen LogP contribution >= 0.6 is 11.3 Å². The summed E-state index contributed by atoms with van der Waals surface area (Å²) in [6.07, 6.45) is 2.22. The zero-order valence-electron chi connectivity index (χ0n) is 15.1. The quantitative estimate of drug-likeness (QED) is 0.700. The number of carbonyl (C=O) groups is 1. The monoisotopic (exact) mass is 381 g/mol. The van der Waals surface area contributed by atoms with Gasteiger partial charge in [-0.25, -0.2) is 0 Å². The third-order valence-electron chi connectivity index (χ3n) is 5.02. The van der Waals surface area contributed by atoms with Crippen molar-refractivity contribution < 1.29 is 9.32 Å². The molecule has 0 unspecified atom stereocenters. The topological polar surface area (TPSA) is 58.4 Å². The predicted molar refractivity (Wildman–Crippen MR) is 107 cm³/mol. The summed E-state index contributed by atoms with van der Waals surface area (Å²) >= 11 is 1.81. The third-order valence-corrected chi connectivity index (χ3v) is 5.88. The molecular formula is C21H23N3O2S. The van der Waals surface area contributed by atoms with Gasteiger partial charge in [0.25, 0.3) is 5.91 Å². The highest BCUT2D eigenvalue weighted by Crippen LogP contribution is 2.21. The molecule has 3 heterocycles. The van der Waals surface area contributed by atoms with Gasteiger partial charge in [0.15, 0.2) is 11.5 Å². The molecule has 0 atom stereocenters. The van der Waals surface area contributed by atoms with E-state index in [1.165, 1.54) is 4.88 Å². The number of thiophene rings is 1. The summed E-state index contributed by atoms with van der Waals surface area (Å²) in [5, 5.41) is 9.06. The van der Waals surface area contributed by atoms with E-state index >= 15 is 0 Å². The first-order chi connectivity index (χ1) is 13.3. The van der Waals surface area contributed by atoms with Gasteiger partial charge in [-0.15, -0.1) is 11.3 Å². The van der Waals surface area contributed by atoms with Crippen molar-refractivity contribution in [1.82, 2.24) is 15.4 Å². The molecule has 0 saturated carbocycles. The molecule has 3 aromatic rings. The summed E-state index contributed by atoms with van der Waals surface area (Å²) in [4.78, 5) is 16.3. The molecule has 0 spiro atoms. The van der Waals surface area contributed by atoms with Gasteiger partial charge in [0, 0.05) is 29.6 Å². The molecule has 0 bridgehead atoms. The lowest BCUT2D eigenvalue weighted by Gasteiger charge is -2.31. The van der Waals surface area contributed by atoms with Crippen LogP contribution in [0, 0.1) is 5.92 Å². The van der Waals surface area contributed by atoms with Crippen molar-refractivity contribution in [3.8, 4) is 11.3 Å². The number of nitrogens with zero attached hydrogens (tertiary/aromatic N) is 2. The first-order valence-corrected chi connectivity index (χ1v) is 10.2. The van der Waals surface area contributed by atoms with Crippen LogP contribution < -0.4 is 5.32 Å². The second-order valence-corrected chi connectivity index (χ2v) is 7.98. The molecular weight excluding hydrogens is 358 g/mol. The molecule has 5 nitrogen and oxygen atoms in total. The van der Waals surface area contributed by atoms with Gasteiger partial charge in [0.2, 0.25) is 0 Å². The number of benzene rings is 1. The van der Waals surface area contributed by atoms with Gasteiger partial charge in [-0.1, -0.05) is 41.6 Å². The van der Waals surface area contributed by atoms with E-state index in [9.17, 15) is 4.79 Å². The van der Waals surface area contributed by atoms with Gasteiger partial charge in [-0.3, -0.25) is 9.69 Å². The Kier molecular flexibility index (Phi) is 5.65. The van der Waals surface area contributed by atoms with Crippen molar-refractivity contribution in [2.45, 2.75) is 19.4 Å². The van der Waals surface area contributed by atoms with Crippen LogP contribution in [-0.2, 0) is 6.54 Å². The smallest absolute Gasteiger partial charge is 0.273 e. The van der Waals surface area contributed by atoms with Gasteiger partial charge < -0.3 is 9.84 Å². The number of nitrogens with one attached hydrogen (secondary N) is 1. The van der Waals surface area contributed by atoms with Crippen LogP contribution in [0.4, 0.5) is 0 Å². The molecule has 0 aliphatic carbocycles. The van der Waals surface area contributed by atoms with Crippen molar-refractivity contribution in [2.75, 3.05) is 19.6 Å². The molecule has 2 aromatic heterocycles. The molecule has 0 radical (unpaired) electrons. The number of hydrogen-bond donors (Lipinski definition) is 1. The molecule has 27 heavy (non-hydrogen) atoms. The number of hydrogen-bond acceptors (Lipinski definition) is 5. The van der Waals surface area contributed by atoms with Crippen molar-refractivity contribution in [1.29, 1.82) is 0 Å². The maximum absolute atomic E-state index is 12.4. The standard InChI is InChI=1S/C21H23N3O2S/c25-21(19-13-20(26-23-19)17-5-2-1-3-6-17)22-14-16-8-10-24(11-9-16)15-18-7-4-12-27-18/h1-7,12-13,16H,8-11,14-15H2,(H,22,25). The van der Waals surface area contributed by atoms with Crippen LogP contribution in [-0.4, -0.2) is 35.6 Å². The third kappa shape index (κ3) is 4.64. The van der Waals surface area contributed by atoms with Crippen LogP contribution in [0.5, 0.6) is 0 Å². The summed E-state index contributed by atoms with van der Waals surface area (Å²) in [6, 6.07) is 15.7. The summed E-state index contributed by atoms with van der Waals surface area (Å²) in [6.45, 7) is 3.90. The fourth-order valence-corrected chi connectivity index (χ4v) is 4.17. The largest absolute Gasteiger partial charge is 0.355 e. The summed E-state index contributed by atoms with van der Waals surface area (Å²) < 4.78 is 5.31. The average Bonchev–Trinajstić information content (AvgIpc) is 3.40. The van der Waals surface area contributed by atoms with Crippen molar-refractivity contribution in [3.05, 3.63) is 64.5 Å². The van der Waals surface area contributed by atoms with Crippen LogP contribution in [0.1, 0.15) is 28.2 Å². The zero-order chi connectivity index (χ0) is 18.5. The van der Waals surface area contributed by atoms with E-state index in [0.29, 0.717) is 23.9 Å². The summed E-state index contributed by atoms with van der Waals surface area (Å²) in [5.74, 6) is 0.971. The molecule has 6 heteroatoms. The second-order valence-electron chi connectivity index (χ2n) is 6.95. The van der Waals surface area contributed by atoms with E-state index in [1.807, 2.05) is 41.7 Å². The number of rotatable bonds is 6. The van der Waals surface area contributed by atoms with E-state index < -0.39 is 0 Å². The van der Waals surface area contributed by atoms with Crippen molar-refractivity contribution >= 4 is 17.2 Å². The van der Waals surface area contributed by atoms with E-state index in [2.05, 4.69) is 32.9 Å². The first kappa shape index (κ1) is 17.9. The fourth-order valence-electron chi connectivity index (χ4n) is 3.42. The Morgan fingerprint density at radius 2 is 2.00 bits per heavy atom. The molecule has 1 aliphatic heterocycles. The van der Waals surface area contributed by atoms with Gasteiger partial charge in [0.1, 0.15) is 0 Å². The number of amides is 1. The molecule has 1 saturated heterocycles. The summed E-state index contributed by atoms with van der Waals surface area (Å²) in [7, 11) is 0. The highest BCUT2D eigenvalue weighted by atomic mass is 32.1. The van der Waals surface area contributed by atoms with Gasteiger partial charge in [0.05, 0.1) is 0 Å². The Bertz CT molecular complexity index is 853. The molecule has 1 aromatic carbocycles. The highest BCUT2D eigenvalue weighted by Gasteiger charge is 2.21. The minimum atomic E-state index is -0.165. The molecule has 1 aliphatic rings. The Hall–Kier alpha value is -2.44. The lowest BCUT2D eigenvalue weighted by molar-refractivity contribution is 0.0926. The Morgan fingerprint density at radius 1 is 1.19 bits per heavy atom. The Balaban J connectivity index is 1.24. The highest BCUT2D eigenvalue weighted by molar-refractivity contribution is 7.09. The van der Waals surface area contributed by atoms with Crippen LogP contribution in [0.2, 0.25) is 0 Å². The first-order valence-electron chi connectivity index (χ1n) is 9.33. The van der Waals surface area contributed by atoms with Crippen LogP contribution in [0.25, 0.3) is 11.3 Å².